The van der Waals surface area contributed by atoms with E-state index in [1.165, 1.54) is 29.8 Å². The summed E-state index contributed by atoms with van der Waals surface area (Å²) in [6.45, 7) is 0. The molecule has 0 saturated heterocycles. The first-order valence-corrected chi connectivity index (χ1v) is 6.43. The molecule has 0 aliphatic rings. The highest BCUT2D eigenvalue weighted by molar-refractivity contribution is 9.11. The van der Waals surface area contributed by atoms with Crippen LogP contribution < -0.4 is 4.74 Å². The van der Waals surface area contributed by atoms with Gasteiger partial charge in [0.1, 0.15) is 0 Å². The Balaban J connectivity index is 2.28. The third kappa shape index (κ3) is 2.27. The number of carbonyl (C=O) groups excluding carboxylic acids is 1. The number of rotatable bonds is 3. The number of halogens is 1. The monoisotopic (exact) mass is 303 g/mol. The second-order valence-electron chi connectivity index (χ2n) is 2.63. The van der Waals surface area contributed by atoms with Crippen molar-refractivity contribution in [2.24, 2.45) is 0 Å². The number of methoxy groups -OCH3 is 1. The first-order chi connectivity index (χ1) is 7.20. The van der Waals surface area contributed by atoms with Gasteiger partial charge in [0.2, 0.25) is 5.78 Å². The lowest BCUT2D eigenvalue weighted by Crippen LogP contribution is -1.93. The minimum Gasteiger partial charge on any atom is -0.473 e. The van der Waals surface area contributed by atoms with Crippen LogP contribution in [0.2, 0.25) is 0 Å². The Bertz CT molecular complexity index is 492. The van der Waals surface area contributed by atoms with Crippen molar-refractivity contribution < 1.29 is 9.53 Å². The standard InChI is InChI=1S/C9H6BrNO2S2/c1-13-9-11-4-6(15-9)8(12)5-2-3-7(10)14-5/h2-4H,1H3. The lowest BCUT2D eigenvalue weighted by Gasteiger charge is -1.90. The molecule has 0 N–H and O–H groups in total. The molecule has 2 aromatic rings. The maximum absolute atomic E-state index is 11.9. The molecule has 78 valence electrons. The fraction of sp³-hybridized carbons (Fsp3) is 0.111. The van der Waals surface area contributed by atoms with E-state index in [1.807, 2.05) is 6.07 Å². The maximum Gasteiger partial charge on any atom is 0.273 e. The van der Waals surface area contributed by atoms with Crippen LogP contribution in [0.15, 0.2) is 22.1 Å². The van der Waals surface area contributed by atoms with E-state index >= 15 is 0 Å². The van der Waals surface area contributed by atoms with Gasteiger partial charge in [0.05, 0.1) is 26.8 Å². The van der Waals surface area contributed by atoms with Crippen molar-refractivity contribution in [2.45, 2.75) is 0 Å². The molecular formula is C9H6BrNO2S2. The van der Waals surface area contributed by atoms with Gasteiger partial charge in [0.25, 0.3) is 5.19 Å². The summed E-state index contributed by atoms with van der Waals surface area (Å²) >= 11 is 5.99. The fourth-order valence-electron chi connectivity index (χ4n) is 1.02. The quantitative estimate of drug-likeness (QED) is 0.817. The second-order valence-corrected chi connectivity index (χ2v) is 6.08. The molecule has 0 aliphatic carbocycles. The predicted molar refractivity (Wildman–Crippen MR) is 64.1 cm³/mol. The molecule has 0 fully saturated rings. The van der Waals surface area contributed by atoms with Gasteiger partial charge in [-0.3, -0.25) is 4.79 Å². The van der Waals surface area contributed by atoms with Crippen LogP contribution in [-0.2, 0) is 0 Å². The number of hydrogen-bond acceptors (Lipinski definition) is 5. The zero-order chi connectivity index (χ0) is 10.8. The van der Waals surface area contributed by atoms with Gasteiger partial charge in [-0.05, 0) is 28.1 Å². The number of nitrogens with zero attached hydrogens (tertiary/aromatic N) is 1. The minimum absolute atomic E-state index is 0.00787. The summed E-state index contributed by atoms with van der Waals surface area (Å²) in [5.41, 5.74) is 0. The molecule has 0 atom stereocenters. The van der Waals surface area contributed by atoms with Crippen LogP contribution in [0.25, 0.3) is 0 Å². The lowest BCUT2D eigenvalue weighted by molar-refractivity contribution is 0.104. The van der Waals surface area contributed by atoms with Crippen molar-refractivity contribution in [3.8, 4) is 5.19 Å². The highest BCUT2D eigenvalue weighted by Crippen LogP contribution is 2.28. The number of hydrogen-bond donors (Lipinski definition) is 0. The summed E-state index contributed by atoms with van der Waals surface area (Å²) in [5, 5.41) is 0.508. The molecule has 3 nitrogen and oxygen atoms in total. The average molecular weight is 304 g/mol. The van der Waals surface area contributed by atoms with Gasteiger partial charge in [0, 0.05) is 0 Å². The normalized spacial score (nSPS) is 10.3. The van der Waals surface area contributed by atoms with E-state index in [4.69, 9.17) is 4.74 Å². The fourth-order valence-corrected chi connectivity index (χ4v) is 3.10. The summed E-state index contributed by atoms with van der Waals surface area (Å²) in [6.07, 6.45) is 1.54. The molecule has 0 aromatic carbocycles. The van der Waals surface area contributed by atoms with Gasteiger partial charge in [-0.2, -0.15) is 0 Å². The van der Waals surface area contributed by atoms with Gasteiger partial charge >= 0.3 is 0 Å². The van der Waals surface area contributed by atoms with Crippen molar-refractivity contribution in [3.05, 3.63) is 31.9 Å². The summed E-state index contributed by atoms with van der Waals surface area (Å²) in [5.74, 6) is -0.00787. The minimum atomic E-state index is -0.00787. The SMILES string of the molecule is COc1ncc(C(=O)c2ccc(Br)s2)s1. The van der Waals surface area contributed by atoms with Crippen LogP contribution >= 0.6 is 38.6 Å². The second kappa shape index (κ2) is 4.42. The van der Waals surface area contributed by atoms with Gasteiger partial charge in [-0.1, -0.05) is 11.3 Å². The van der Waals surface area contributed by atoms with Gasteiger partial charge in [0.15, 0.2) is 0 Å². The van der Waals surface area contributed by atoms with E-state index in [1.54, 1.807) is 12.3 Å². The molecule has 2 heterocycles. The third-order valence-electron chi connectivity index (χ3n) is 1.68. The molecule has 0 spiro atoms. The van der Waals surface area contributed by atoms with Crippen LogP contribution in [0.3, 0.4) is 0 Å². The molecule has 6 heteroatoms. The Labute approximate surface area is 103 Å². The number of ketones is 1. The molecule has 2 aromatic heterocycles. The molecule has 0 aliphatic heterocycles. The number of carbonyl (C=O) groups is 1. The first-order valence-electron chi connectivity index (χ1n) is 4.00. The molecular weight excluding hydrogens is 298 g/mol. The average Bonchev–Trinajstić information content (AvgIpc) is 2.84. The van der Waals surface area contributed by atoms with Crippen molar-refractivity contribution in [3.63, 3.8) is 0 Å². The number of ether oxygens (including phenoxy) is 1. The zero-order valence-electron chi connectivity index (χ0n) is 7.69. The predicted octanol–water partition coefficient (Wildman–Crippen LogP) is 3.21. The van der Waals surface area contributed by atoms with E-state index in [2.05, 4.69) is 20.9 Å². The topological polar surface area (TPSA) is 39.2 Å². The summed E-state index contributed by atoms with van der Waals surface area (Å²) < 4.78 is 5.88. The Hall–Kier alpha value is -0.720. The summed E-state index contributed by atoms with van der Waals surface area (Å²) in [4.78, 5) is 17.2. The lowest BCUT2D eigenvalue weighted by atomic mass is 10.3. The Morgan fingerprint density at radius 3 is 2.73 bits per heavy atom. The molecule has 0 saturated carbocycles. The molecule has 0 bridgehead atoms. The summed E-state index contributed by atoms with van der Waals surface area (Å²) in [6, 6.07) is 3.65. The smallest absolute Gasteiger partial charge is 0.273 e. The number of thiazole rings is 1. The Morgan fingerprint density at radius 1 is 1.40 bits per heavy atom. The van der Waals surface area contributed by atoms with Crippen LogP contribution in [0, 0.1) is 0 Å². The highest BCUT2D eigenvalue weighted by atomic mass is 79.9. The Kier molecular flexibility index (Phi) is 3.18. The van der Waals surface area contributed by atoms with Crippen molar-refractivity contribution in [1.29, 1.82) is 0 Å². The van der Waals surface area contributed by atoms with Gasteiger partial charge in [-0.25, -0.2) is 4.98 Å². The van der Waals surface area contributed by atoms with Crippen molar-refractivity contribution >= 4 is 44.4 Å². The number of aromatic nitrogens is 1. The van der Waals surface area contributed by atoms with E-state index in [9.17, 15) is 4.79 Å². The first kappa shape index (κ1) is 10.8. The van der Waals surface area contributed by atoms with Crippen molar-refractivity contribution in [2.75, 3.05) is 7.11 Å². The molecule has 2 rings (SSSR count). The van der Waals surface area contributed by atoms with Crippen LogP contribution in [-0.4, -0.2) is 17.9 Å². The van der Waals surface area contributed by atoms with Crippen LogP contribution in [0.5, 0.6) is 5.19 Å². The van der Waals surface area contributed by atoms with E-state index in [0.717, 1.165) is 3.79 Å². The summed E-state index contributed by atoms with van der Waals surface area (Å²) in [7, 11) is 1.54. The number of thiophene rings is 1. The van der Waals surface area contributed by atoms with E-state index < -0.39 is 0 Å². The molecule has 0 amide bonds. The highest BCUT2D eigenvalue weighted by Gasteiger charge is 2.14. The van der Waals surface area contributed by atoms with Gasteiger partial charge < -0.3 is 4.74 Å². The maximum atomic E-state index is 11.9. The van der Waals surface area contributed by atoms with E-state index in [-0.39, 0.29) is 5.78 Å². The molecule has 0 radical (unpaired) electrons. The van der Waals surface area contributed by atoms with Crippen molar-refractivity contribution in [1.82, 2.24) is 4.98 Å². The third-order valence-corrected chi connectivity index (χ3v) is 4.26. The largest absolute Gasteiger partial charge is 0.473 e. The van der Waals surface area contributed by atoms with E-state index in [0.29, 0.717) is 14.9 Å². The Morgan fingerprint density at radius 2 is 2.20 bits per heavy atom. The zero-order valence-corrected chi connectivity index (χ0v) is 10.9. The molecule has 15 heavy (non-hydrogen) atoms. The van der Waals surface area contributed by atoms with Crippen LogP contribution in [0.4, 0.5) is 0 Å². The van der Waals surface area contributed by atoms with Gasteiger partial charge in [-0.15, -0.1) is 11.3 Å². The van der Waals surface area contributed by atoms with Crippen LogP contribution in [0.1, 0.15) is 14.5 Å². The molecule has 0 unspecified atom stereocenters.